The summed E-state index contributed by atoms with van der Waals surface area (Å²) >= 11 is 1.47. The summed E-state index contributed by atoms with van der Waals surface area (Å²) < 4.78 is 4.68. The molecule has 2 aromatic rings. The summed E-state index contributed by atoms with van der Waals surface area (Å²) in [6.07, 6.45) is 0.709. The van der Waals surface area contributed by atoms with E-state index in [1.165, 1.54) is 23.3 Å². The van der Waals surface area contributed by atoms with E-state index in [1.54, 1.807) is 19.4 Å². The molecule has 6 heteroatoms. The maximum absolute atomic E-state index is 12.4. The molecule has 0 fully saturated rings. The third-order valence-electron chi connectivity index (χ3n) is 3.47. The molecule has 0 bridgehead atoms. The number of aromatic nitrogens is 1. The van der Waals surface area contributed by atoms with Crippen LogP contribution in [0.1, 0.15) is 28.0 Å². The Morgan fingerprint density at radius 3 is 2.65 bits per heavy atom. The van der Waals surface area contributed by atoms with Crippen LogP contribution in [0.15, 0.2) is 35.7 Å². The number of hydrogen-bond donors (Lipinski definition) is 0. The van der Waals surface area contributed by atoms with Gasteiger partial charge in [-0.15, -0.1) is 11.3 Å². The molecule has 1 aromatic heterocycles. The van der Waals surface area contributed by atoms with Gasteiger partial charge in [-0.1, -0.05) is 37.3 Å². The number of methoxy groups -OCH3 is 1. The van der Waals surface area contributed by atoms with Crippen LogP contribution in [0.3, 0.4) is 0 Å². The first-order chi connectivity index (χ1) is 11.0. The zero-order valence-corrected chi connectivity index (χ0v) is 14.3. The lowest BCUT2D eigenvalue weighted by atomic mass is 10.1. The van der Waals surface area contributed by atoms with Gasteiger partial charge in [-0.2, -0.15) is 0 Å². The first kappa shape index (κ1) is 17.1. The Morgan fingerprint density at radius 1 is 1.30 bits per heavy atom. The Morgan fingerprint density at radius 2 is 2.00 bits per heavy atom. The summed E-state index contributed by atoms with van der Waals surface area (Å²) in [5.41, 5.74) is 1.58. The van der Waals surface area contributed by atoms with Crippen molar-refractivity contribution >= 4 is 23.2 Å². The van der Waals surface area contributed by atoms with Crippen molar-refractivity contribution in [3.05, 3.63) is 52.0 Å². The fourth-order valence-electron chi connectivity index (χ4n) is 2.23. The molecule has 2 rings (SSSR count). The molecule has 122 valence electrons. The molecule has 1 unspecified atom stereocenters. The highest BCUT2D eigenvalue weighted by atomic mass is 32.1. The van der Waals surface area contributed by atoms with Crippen molar-refractivity contribution in [2.24, 2.45) is 5.92 Å². The Labute approximate surface area is 139 Å². The minimum absolute atomic E-state index is 0.184. The quantitative estimate of drug-likeness (QED) is 0.763. The molecule has 23 heavy (non-hydrogen) atoms. The molecule has 0 saturated carbocycles. The lowest BCUT2D eigenvalue weighted by Crippen LogP contribution is -2.34. The van der Waals surface area contributed by atoms with Crippen molar-refractivity contribution in [2.75, 3.05) is 20.7 Å². The monoisotopic (exact) mass is 332 g/mol. The Hall–Kier alpha value is -2.21. The summed E-state index contributed by atoms with van der Waals surface area (Å²) in [6.45, 7) is 2.04. The van der Waals surface area contributed by atoms with Crippen molar-refractivity contribution < 1.29 is 14.3 Å². The first-order valence-electron chi connectivity index (χ1n) is 7.33. The molecule has 0 N–H and O–H groups in total. The zero-order chi connectivity index (χ0) is 16.8. The molecule has 0 spiro atoms. The molecule has 0 aliphatic heterocycles. The van der Waals surface area contributed by atoms with E-state index in [0.29, 0.717) is 18.7 Å². The molecular formula is C17H20N2O3S. The minimum atomic E-state index is -0.364. The van der Waals surface area contributed by atoms with Crippen LogP contribution in [0.25, 0.3) is 0 Å². The van der Waals surface area contributed by atoms with E-state index >= 15 is 0 Å². The van der Waals surface area contributed by atoms with E-state index in [4.69, 9.17) is 0 Å². The highest BCUT2D eigenvalue weighted by Crippen LogP contribution is 2.16. The molecule has 0 aliphatic rings. The van der Waals surface area contributed by atoms with E-state index in [1.807, 2.05) is 30.3 Å². The van der Waals surface area contributed by atoms with Gasteiger partial charge in [-0.05, 0) is 5.56 Å². The van der Waals surface area contributed by atoms with E-state index in [9.17, 15) is 9.59 Å². The fourth-order valence-corrected chi connectivity index (χ4v) is 3.03. The van der Waals surface area contributed by atoms with Gasteiger partial charge in [0.1, 0.15) is 5.69 Å². The second kappa shape index (κ2) is 7.87. The third-order valence-corrected chi connectivity index (χ3v) is 4.32. The number of benzene rings is 1. The lowest BCUT2D eigenvalue weighted by Gasteiger charge is -2.19. The van der Waals surface area contributed by atoms with Crippen LogP contribution in [-0.4, -0.2) is 42.5 Å². The van der Waals surface area contributed by atoms with E-state index < -0.39 is 0 Å². The summed E-state index contributed by atoms with van der Waals surface area (Å²) in [5, 5.41) is 2.66. The third kappa shape index (κ3) is 4.63. The van der Waals surface area contributed by atoms with Gasteiger partial charge < -0.3 is 9.64 Å². The molecule has 5 nitrogen and oxygen atoms in total. The number of carbonyl (C=O) groups is 2. The topological polar surface area (TPSA) is 59.5 Å². The van der Waals surface area contributed by atoms with Crippen LogP contribution < -0.4 is 0 Å². The molecule has 1 amide bonds. The van der Waals surface area contributed by atoms with Crippen LogP contribution >= 0.6 is 11.3 Å². The van der Waals surface area contributed by atoms with Crippen molar-refractivity contribution in [1.82, 2.24) is 9.88 Å². The van der Waals surface area contributed by atoms with Gasteiger partial charge >= 0.3 is 5.97 Å². The first-order valence-corrected chi connectivity index (χ1v) is 8.21. The molecule has 0 aliphatic carbocycles. The molecule has 0 saturated heterocycles. The summed E-state index contributed by atoms with van der Waals surface area (Å²) in [5.74, 6) is -0.875. The number of ether oxygens (including phenoxy) is 1. The van der Waals surface area contributed by atoms with Crippen molar-refractivity contribution in [2.45, 2.75) is 13.3 Å². The molecular weight excluding hydrogens is 312 g/mol. The van der Waals surface area contributed by atoms with Gasteiger partial charge in [0.25, 0.3) is 5.91 Å². The highest BCUT2D eigenvalue weighted by Gasteiger charge is 2.21. The van der Waals surface area contributed by atoms with Crippen LogP contribution in [0.2, 0.25) is 0 Å². The number of esters is 1. The number of carbonyl (C=O) groups excluding carboxylic acids is 2. The standard InChI is InChI=1S/C17H20N2O3S/c1-12(17(21)22-3)10-19(2)16(20)14-11-23-15(18-14)9-13-7-5-4-6-8-13/h4-8,11-12H,9-10H2,1-3H3. The largest absolute Gasteiger partial charge is 0.469 e. The van der Waals surface area contributed by atoms with E-state index in [-0.39, 0.29) is 17.8 Å². The van der Waals surface area contributed by atoms with E-state index in [2.05, 4.69) is 9.72 Å². The Balaban J connectivity index is 1.99. The highest BCUT2D eigenvalue weighted by molar-refractivity contribution is 7.09. The number of nitrogens with zero attached hydrogens (tertiary/aromatic N) is 2. The van der Waals surface area contributed by atoms with Crippen LogP contribution in [0.5, 0.6) is 0 Å². The van der Waals surface area contributed by atoms with Gasteiger partial charge in [0.15, 0.2) is 0 Å². The van der Waals surface area contributed by atoms with Gasteiger partial charge in [0.2, 0.25) is 0 Å². The second-order valence-corrected chi connectivity index (χ2v) is 6.34. The summed E-state index contributed by atoms with van der Waals surface area (Å²) in [7, 11) is 3.01. The molecule has 1 atom stereocenters. The lowest BCUT2D eigenvalue weighted by molar-refractivity contribution is -0.145. The minimum Gasteiger partial charge on any atom is -0.469 e. The molecule has 0 radical (unpaired) electrons. The Kier molecular flexibility index (Phi) is 5.87. The molecule has 1 aromatic carbocycles. The number of hydrogen-bond acceptors (Lipinski definition) is 5. The normalized spacial score (nSPS) is 11.8. The maximum Gasteiger partial charge on any atom is 0.310 e. The predicted molar refractivity (Wildman–Crippen MR) is 89.5 cm³/mol. The van der Waals surface area contributed by atoms with Crippen molar-refractivity contribution in [1.29, 1.82) is 0 Å². The maximum atomic E-state index is 12.4. The fraction of sp³-hybridized carbons (Fsp3) is 0.353. The predicted octanol–water partition coefficient (Wildman–Crippen LogP) is 2.62. The average molecular weight is 332 g/mol. The zero-order valence-electron chi connectivity index (χ0n) is 13.5. The SMILES string of the molecule is COC(=O)C(C)CN(C)C(=O)c1csc(Cc2ccccc2)n1. The number of amides is 1. The van der Waals surface area contributed by atoms with E-state index in [0.717, 1.165) is 10.6 Å². The second-order valence-electron chi connectivity index (χ2n) is 5.40. The van der Waals surface area contributed by atoms with Gasteiger partial charge in [0.05, 0.1) is 18.0 Å². The van der Waals surface area contributed by atoms with Crippen molar-refractivity contribution in [3.63, 3.8) is 0 Å². The van der Waals surface area contributed by atoms with Gasteiger partial charge in [-0.3, -0.25) is 9.59 Å². The number of rotatable bonds is 6. The summed E-state index contributed by atoms with van der Waals surface area (Å²) in [6, 6.07) is 10.0. The van der Waals surface area contributed by atoms with Crippen molar-refractivity contribution in [3.8, 4) is 0 Å². The average Bonchev–Trinajstić information content (AvgIpc) is 3.02. The smallest absolute Gasteiger partial charge is 0.310 e. The van der Waals surface area contributed by atoms with Crippen LogP contribution in [0, 0.1) is 5.92 Å². The van der Waals surface area contributed by atoms with Crippen LogP contribution in [-0.2, 0) is 16.0 Å². The van der Waals surface area contributed by atoms with Gasteiger partial charge in [-0.25, -0.2) is 4.98 Å². The summed E-state index contributed by atoms with van der Waals surface area (Å²) in [4.78, 5) is 29.7. The van der Waals surface area contributed by atoms with Crippen LogP contribution in [0.4, 0.5) is 0 Å². The van der Waals surface area contributed by atoms with Gasteiger partial charge in [0, 0.05) is 25.4 Å². The Bertz CT molecular complexity index is 669. The number of thiazole rings is 1. The molecule has 1 heterocycles.